The normalized spacial score (nSPS) is 11.8. The summed E-state index contributed by atoms with van der Waals surface area (Å²) in [7, 11) is 0. The third-order valence-electron chi connectivity index (χ3n) is 12.5. The summed E-state index contributed by atoms with van der Waals surface area (Å²) in [6, 6.07) is 38.2. The number of hydrogen-bond acceptors (Lipinski definition) is 2. The molecule has 0 spiro atoms. The smallest absolute Gasteiger partial charge is 0.200 e. The van der Waals surface area contributed by atoms with Crippen LogP contribution in [0.5, 0.6) is 0 Å². The fourth-order valence-corrected chi connectivity index (χ4v) is 8.92. The molecule has 0 fully saturated rings. The Morgan fingerprint density at radius 2 is 0.549 bits per heavy atom. The van der Waals surface area contributed by atoms with Gasteiger partial charge in [-0.05, 0) is 87.5 Å². The average Bonchev–Trinajstić information content (AvgIpc) is 4.26. The van der Waals surface area contributed by atoms with Gasteiger partial charge in [0.15, 0.2) is 46.5 Å². The molecular formula is C56H28F10N4O. The molecule has 4 aromatic heterocycles. The van der Waals surface area contributed by atoms with Gasteiger partial charge in [0.25, 0.3) is 0 Å². The molecule has 1 aliphatic heterocycles. The largest absolute Gasteiger partial charge is 0.354 e. The van der Waals surface area contributed by atoms with E-state index in [-0.39, 0.29) is 50.1 Å². The second-order valence-electron chi connectivity index (χ2n) is 16.6. The number of benzene rings is 6. The van der Waals surface area contributed by atoms with Crippen molar-refractivity contribution in [3.63, 3.8) is 0 Å². The lowest BCUT2D eigenvalue weighted by molar-refractivity contribution is 0.112. The van der Waals surface area contributed by atoms with Gasteiger partial charge < -0.3 is 15.0 Å². The zero-order valence-electron chi connectivity index (χ0n) is 36.1. The molecule has 3 N–H and O–H groups in total. The highest BCUT2D eigenvalue weighted by molar-refractivity contribution is 6.00. The number of nitrogens with zero attached hydrogens (tertiary/aromatic N) is 1. The Bertz CT molecular complexity index is 3930. The van der Waals surface area contributed by atoms with E-state index < -0.39 is 80.4 Å². The number of aromatic amines is 3. The van der Waals surface area contributed by atoms with Gasteiger partial charge in [0.2, 0.25) is 11.6 Å². The predicted octanol–water partition coefficient (Wildman–Crippen LogP) is 15.9. The fraction of sp³-hybridized carbons (Fsp3) is 0. The zero-order chi connectivity index (χ0) is 49.4. The molecular weight excluding hydrogens is 935 g/mol. The summed E-state index contributed by atoms with van der Waals surface area (Å²) in [5, 5.41) is 0. The van der Waals surface area contributed by atoms with Gasteiger partial charge in [-0.3, -0.25) is 4.79 Å². The van der Waals surface area contributed by atoms with Gasteiger partial charge in [-0.15, -0.1) is 0 Å². The molecule has 0 atom stereocenters. The Hall–Kier alpha value is -8.98. The first-order valence-electron chi connectivity index (χ1n) is 21.5. The highest BCUT2D eigenvalue weighted by Gasteiger charge is 2.31. The molecule has 0 radical (unpaired) electrons. The quantitative estimate of drug-likeness (QED) is 0.0644. The Kier molecular flexibility index (Phi) is 10.8. The number of H-pyrrole nitrogens is 3. The van der Waals surface area contributed by atoms with Crippen LogP contribution in [-0.4, -0.2) is 26.2 Å². The summed E-state index contributed by atoms with van der Waals surface area (Å²) in [6.07, 6.45) is 3.53. The molecule has 5 nitrogen and oxygen atoms in total. The minimum atomic E-state index is -2.37. The first-order valence-corrected chi connectivity index (χ1v) is 21.5. The van der Waals surface area contributed by atoms with Crippen molar-refractivity contribution >= 4 is 51.5 Å². The number of halogens is 10. The van der Waals surface area contributed by atoms with Crippen molar-refractivity contribution in [3.8, 4) is 66.8 Å². The third-order valence-corrected chi connectivity index (χ3v) is 12.5. The van der Waals surface area contributed by atoms with Crippen LogP contribution in [0.2, 0.25) is 0 Å². The Balaban J connectivity index is 1.10. The maximum Gasteiger partial charge on any atom is 0.200 e. The highest BCUT2D eigenvalue weighted by Crippen LogP contribution is 2.41. The topological polar surface area (TPSA) is 77.3 Å². The van der Waals surface area contributed by atoms with Crippen molar-refractivity contribution in [2.75, 3.05) is 0 Å². The highest BCUT2D eigenvalue weighted by atomic mass is 19.2. The van der Waals surface area contributed by atoms with Crippen LogP contribution in [-0.2, 0) is 0 Å². The minimum Gasteiger partial charge on any atom is -0.354 e. The van der Waals surface area contributed by atoms with Crippen LogP contribution < -0.4 is 0 Å². The van der Waals surface area contributed by atoms with Crippen LogP contribution in [0.1, 0.15) is 21.7 Å². The van der Waals surface area contributed by atoms with E-state index in [4.69, 9.17) is 4.98 Å². The standard InChI is InChI=1S/C56H28F10N4O/c57-47-45(48(58)52(62)55(65)51(47)61)43-38-19-17-34(67-38)35-18-20-39(68-35)44(46-49(59)53(63)56(66)54(64)50(46)60)41-24-22-37(70-41)42(36-21-23-40(43)69-36)33-15-13-32(14-16-33)31-11-9-30(10-12-31)29-7-5-28(6-8-29)27-3-1-26(25-71)2-4-27/h1-25,67-69H. The van der Waals surface area contributed by atoms with Crippen molar-refractivity contribution in [1.29, 1.82) is 0 Å². The van der Waals surface area contributed by atoms with Gasteiger partial charge in [0, 0.05) is 44.3 Å². The van der Waals surface area contributed by atoms with E-state index in [1.807, 2.05) is 60.7 Å². The number of aromatic nitrogens is 4. The van der Waals surface area contributed by atoms with E-state index >= 15 is 17.6 Å². The van der Waals surface area contributed by atoms with E-state index in [1.165, 1.54) is 48.6 Å². The van der Waals surface area contributed by atoms with Crippen molar-refractivity contribution < 1.29 is 48.7 Å². The first kappa shape index (κ1) is 44.5. The first-order chi connectivity index (χ1) is 34.3. The van der Waals surface area contributed by atoms with Crippen LogP contribution in [0.25, 0.3) is 112 Å². The number of nitrogens with one attached hydrogen (secondary N) is 3. The molecule has 0 saturated heterocycles. The second kappa shape index (κ2) is 17.2. The Morgan fingerprint density at radius 1 is 0.282 bits per heavy atom. The molecule has 0 amide bonds. The SMILES string of the molecule is O=Cc1ccc(-c2ccc(-c3ccc(-c4ccc(-c5c6nc(c(-c7c(F)c(F)c(F)c(F)c7F)c7ccc([nH]7)c7ccc([nH]7)c(-c7c(F)c(F)c(F)c(F)c7F)c7ccc5[nH]7)C=C6)cc4)cc3)cc2)cc1. The average molecular weight is 963 g/mol. The zero-order valence-corrected chi connectivity index (χ0v) is 36.1. The van der Waals surface area contributed by atoms with Crippen molar-refractivity contribution in [2.24, 2.45) is 0 Å². The Morgan fingerprint density at radius 3 is 0.930 bits per heavy atom. The molecule has 0 aliphatic carbocycles. The number of carbonyl (C=O) groups is 1. The monoisotopic (exact) mass is 962 g/mol. The van der Waals surface area contributed by atoms with Crippen LogP contribution in [0.3, 0.4) is 0 Å². The molecule has 0 unspecified atom stereocenters. The van der Waals surface area contributed by atoms with Gasteiger partial charge in [0.05, 0.1) is 33.5 Å². The van der Waals surface area contributed by atoms with Crippen molar-refractivity contribution in [3.05, 3.63) is 209 Å². The van der Waals surface area contributed by atoms with Crippen LogP contribution >= 0.6 is 0 Å². The summed E-state index contributed by atoms with van der Waals surface area (Å²) >= 11 is 0. The number of rotatable bonds is 7. The molecule has 10 aromatic rings. The van der Waals surface area contributed by atoms with Gasteiger partial charge in [-0.1, -0.05) is 97.1 Å². The maximum absolute atomic E-state index is 15.8. The lowest BCUT2D eigenvalue weighted by Crippen LogP contribution is -2.05. The van der Waals surface area contributed by atoms with Crippen LogP contribution in [0, 0.1) is 58.2 Å². The number of carbonyl (C=O) groups excluding carboxylic acids is 1. The molecule has 11 rings (SSSR count). The van der Waals surface area contributed by atoms with Crippen molar-refractivity contribution in [2.45, 2.75) is 0 Å². The number of aldehydes is 1. The third kappa shape index (κ3) is 7.44. The van der Waals surface area contributed by atoms with Crippen molar-refractivity contribution in [1.82, 2.24) is 19.9 Å². The summed E-state index contributed by atoms with van der Waals surface area (Å²) < 4.78 is 152. The molecule has 71 heavy (non-hydrogen) atoms. The fourth-order valence-electron chi connectivity index (χ4n) is 8.92. The summed E-state index contributed by atoms with van der Waals surface area (Å²) in [6.45, 7) is 0. The lowest BCUT2D eigenvalue weighted by Gasteiger charge is -2.10. The lowest BCUT2D eigenvalue weighted by atomic mass is 9.96. The molecule has 8 bridgehead atoms. The predicted molar refractivity (Wildman–Crippen MR) is 253 cm³/mol. The van der Waals surface area contributed by atoms with Crippen LogP contribution in [0.4, 0.5) is 43.9 Å². The van der Waals surface area contributed by atoms with Gasteiger partial charge in [-0.25, -0.2) is 48.9 Å². The van der Waals surface area contributed by atoms with E-state index in [9.17, 15) is 31.1 Å². The van der Waals surface area contributed by atoms with Gasteiger partial charge in [0.1, 0.15) is 6.29 Å². The summed E-state index contributed by atoms with van der Waals surface area (Å²) in [5.41, 5.74) is 3.02. The molecule has 15 heteroatoms. The maximum atomic E-state index is 15.8. The minimum absolute atomic E-state index is 0.0804. The van der Waals surface area contributed by atoms with Gasteiger partial charge in [-0.2, -0.15) is 0 Å². The number of fused-ring (bicyclic) bond motifs is 9. The summed E-state index contributed by atoms with van der Waals surface area (Å²) in [5.74, 6) is -22.0. The molecule has 1 aliphatic rings. The molecule has 6 aromatic carbocycles. The van der Waals surface area contributed by atoms with E-state index in [0.717, 1.165) is 39.7 Å². The van der Waals surface area contributed by atoms with E-state index in [1.54, 1.807) is 36.4 Å². The molecule has 348 valence electrons. The van der Waals surface area contributed by atoms with Crippen LogP contribution in [0.15, 0.2) is 133 Å². The number of hydrogen-bond donors (Lipinski definition) is 3. The Labute approximate surface area is 394 Å². The van der Waals surface area contributed by atoms with E-state index in [2.05, 4.69) is 15.0 Å². The molecule has 5 heterocycles. The second-order valence-corrected chi connectivity index (χ2v) is 16.6. The van der Waals surface area contributed by atoms with Gasteiger partial charge >= 0.3 is 0 Å². The van der Waals surface area contributed by atoms with E-state index in [0.29, 0.717) is 11.1 Å². The molecule has 0 saturated carbocycles. The summed E-state index contributed by atoms with van der Waals surface area (Å²) in [4.78, 5) is 24.6.